The zero-order chi connectivity index (χ0) is 23.0. The molecule has 2 aromatic carbocycles. The van der Waals surface area contributed by atoms with Crippen molar-refractivity contribution < 1.29 is 23.8 Å². The van der Waals surface area contributed by atoms with Gasteiger partial charge in [-0.15, -0.1) is 0 Å². The van der Waals surface area contributed by atoms with E-state index in [0.29, 0.717) is 21.5 Å². The van der Waals surface area contributed by atoms with Gasteiger partial charge in [-0.2, -0.15) is 0 Å². The van der Waals surface area contributed by atoms with Crippen molar-refractivity contribution in [2.75, 3.05) is 5.32 Å². The molecule has 0 aliphatic rings. The highest BCUT2D eigenvalue weighted by atomic mass is 35.5. The van der Waals surface area contributed by atoms with Gasteiger partial charge in [0.1, 0.15) is 29.4 Å². The molecule has 3 N–H and O–H groups in total. The predicted molar refractivity (Wildman–Crippen MR) is 121 cm³/mol. The molecule has 11 heteroatoms. The molecule has 0 fully saturated rings. The molecule has 4 rings (SSSR count). The fourth-order valence-corrected chi connectivity index (χ4v) is 4.30. The molecular weight excluding hydrogens is 480 g/mol. The van der Waals surface area contributed by atoms with Crippen LogP contribution in [0.2, 0.25) is 10.0 Å². The molecule has 0 aliphatic carbocycles. The zero-order valence-corrected chi connectivity index (χ0v) is 18.7. The van der Waals surface area contributed by atoms with Crippen LogP contribution in [0.1, 0.15) is 32.1 Å². The number of hydrogen-bond acceptors (Lipinski definition) is 5. The van der Waals surface area contributed by atoms with Crippen molar-refractivity contribution in [1.29, 1.82) is 0 Å². The van der Waals surface area contributed by atoms with Gasteiger partial charge in [-0.05, 0) is 36.8 Å². The van der Waals surface area contributed by atoms with Crippen LogP contribution in [-0.2, 0) is 6.61 Å². The van der Waals surface area contributed by atoms with Crippen molar-refractivity contribution in [2.24, 2.45) is 0 Å². The van der Waals surface area contributed by atoms with Gasteiger partial charge in [-0.25, -0.2) is 14.2 Å². The highest BCUT2D eigenvalue weighted by Gasteiger charge is 2.21. The summed E-state index contributed by atoms with van der Waals surface area (Å²) >= 11 is 13.2. The number of halogens is 3. The van der Waals surface area contributed by atoms with Crippen LogP contribution in [0, 0.1) is 12.7 Å². The number of anilines is 1. The summed E-state index contributed by atoms with van der Waals surface area (Å²) in [5.74, 6) is -1.92. The molecule has 0 saturated heterocycles. The first-order valence-corrected chi connectivity index (χ1v) is 10.7. The quantitative estimate of drug-likeness (QED) is 0.309. The third kappa shape index (κ3) is 4.40. The lowest BCUT2D eigenvalue weighted by atomic mass is 10.2. The number of aromatic carboxylic acids is 1. The first-order valence-electron chi connectivity index (χ1n) is 9.13. The lowest BCUT2D eigenvalue weighted by Crippen LogP contribution is -2.12. The lowest BCUT2D eigenvalue weighted by Gasteiger charge is -2.08. The summed E-state index contributed by atoms with van der Waals surface area (Å²) in [6.07, 6.45) is 0. The minimum absolute atomic E-state index is 0.00497. The van der Waals surface area contributed by atoms with Gasteiger partial charge in [0.2, 0.25) is 0 Å². The summed E-state index contributed by atoms with van der Waals surface area (Å²) in [6, 6.07) is 8.63. The molecular formula is C21H14Cl2FN3O4S. The molecule has 1 amide bonds. The first kappa shape index (κ1) is 22.1. The molecule has 32 heavy (non-hydrogen) atoms. The molecule has 0 bridgehead atoms. The number of rotatable bonds is 6. The number of fused-ring (bicyclic) bond motifs is 1. The largest absolute Gasteiger partial charge is 0.487 e. The molecule has 4 aromatic rings. The highest BCUT2D eigenvalue weighted by Crippen LogP contribution is 2.35. The average Bonchev–Trinajstić information content (AvgIpc) is 3.27. The van der Waals surface area contributed by atoms with Crippen molar-refractivity contribution in [3.8, 4) is 5.75 Å². The maximum atomic E-state index is 13.4. The molecule has 0 unspecified atom stereocenters. The number of aryl methyl sites for hydroxylation is 1. The van der Waals surface area contributed by atoms with Crippen molar-refractivity contribution in [1.82, 2.24) is 9.97 Å². The number of carboxylic acids is 1. The smallest absolute Gasteiger partial charge is 0.335 e. The van der Waals surface area contributed by atoms with E-state index in [0.717, 1.165) is 11.3 Å². The van der Waals surface area contributed by atoms with E-state index >= 15 is 0 Å². The van der Waals surface area contributed by atoms with Crippen LogP contribution in [0.3, 0.4) is 0 Å². The minimum Gasteiger partial charge on any atom is -0.487 e. The van der Waals surface area contributed by atoms with Gasteiger partial charge in [-0.3, -0.25) is 10.1 Å². The number of H-pyrrole nitrogens is 1. The van der Waals surface area contributed by atoms with Crippen LogP contribution in [0.15, 0.2) is 36.4 Å². The topological polar surface area (TPSA) is 104 Å². The van der Waals surface area contributed by atoms with Gasteiger partial charge >= 0.3 is 5.97 Å². The Balaban J connectivity index is 1.65. The number of carboxylic acid groups (broad SMARTS) is 1. The van der Waals surface area contributed by atoms with E-state index in [9.17, 15) is 19.1 Å². The van der Waals surface area contributed by atoms with Gasteiger partial charge in [0.15, 0.2) is 5.13 Å². The second kappa shape index (κ2) is 8.78. The SMILES string of the molecule is Cc1[nH]c(C(=O)Nc2nc3c(OCc4cccc(F)c4)cc(C(=O)O)cc3s2)c(Cl)c1Cl. The third-order valence-corrected chi connectivity index (χ3v) is 6.36. The zero-order valence-electron chi connectivity index (χ0n) is 16.3. The van der Waals surface area contributed by atoms with Crippen LogP contribution in [0.25, 0.3) is 10.2 Å². The summed E-state index contributed by atoms with van der Waals surface area (Å²) in [5.41, 5.74) is 1.55. The Morgan fingerprint density at radius 1 is 1.25 bits per heavy atom. The Hall–Kier alpha value is -3.14. The molecule has 2 heterocycles. The van der Waals surface area contributed by atoms with E-state index in [-0.39, 0.29) is 38.8 Å². The Morgan fingerprint density at radius 3 is 2.69 bits per heavy atom. The Morgan fingerprint density at radius 2 is 2.03 bits per heavy atom. The van der Waals surface area contributed by atoms with Crippen LogP contribution in [0.5, 0.6) is 5.75 Å². The molecule has 0 saturated carbocycles. The number of aromatic amines is 1. The number of benzene rings is 2. The normalized spacial score (nSPS) is 11.0. The van der Waals surface area contributed by atoms with Crippen LogP contribution in [-0.4, -0.2) is 27.0 Å². The summed E-state index contributed by atoms with van der Waals surface area (Å²) in [4.78, 5) is 31.3. The van der Waals surface area contributed by atoms with Gasteiger partial charge in [-0.1, -0.05) is 46.7 Å². The number of aromatic nitrogens is 2. The van der Waals surface area contributed by atoms with E-state index in [2.05, 4.69) is 15.3 Å². The molecule has 7 nitrogen and oxygen atoms in total. The maximum Gasteiger partial charge on any atom is 0.335 e. The van der Waals surface area contributed by atoms with Gasteiger partial charge < -0.3 is 14.8 Å². The number of carbonyl (C=O) groups is 2. The standard InChI is InChI=1S/C21H14Cl2FN3O4S/c1-9-15(22)16(23)18(25-9)19(28)27-21-26-17-13(6-11(20(29)30)7-14(17)32-21)31-8-10-3-2-4-12(24)5-10/h2-7,25H,8H2,1H3,(H,29,30)(H,26,27,28). The van der Waals surface area contributed by atoms with Crippen LogP contribution >= 0.6 is 34.5 Å². The monoisotopic (exact) mass is 493 g/mol. The highest BCUT2D eigenvalue weighted by molar-refractivity contribution is 7.22. The van der Waals surface area contributed by atoms with E-state index in [4.69, 9.17) is 27.9 Å². The number of nitrogens with zero attached hydrogens (tertiary/aromatic N) is 1. The number of ether oxygens (including phenoxy) is 1. The minimum atomic E-state index is -1.15. The lowest BCUT2D eigenvalue weighted by molar-refractivity contribution is 0.0696. The molecule has 0 spiro atoms. The second-order valence-electron chi connectivity index (χ2n) is 6.77. The summed E-state index contributed by atoms with van der Waals surface area (Å²) in [7, 11) is 0. The molecule has 2 aromatic heterocycles. The second-order valence-corrected chi connectivity index (χ2v) is 8.56. The third-order valence-electron chi connectivity index (χ3n) is 4.49. The number of hydrogen-bond donors (Lipinski definition) is 3. The summed E-state index contributed by atoms with van der Waals surface area (Å²) in [6.45, 7) is 1.68. The number of nitrogens with one attached hydrogen (secondary N) is 2. The molecule has 0 aliphatic heterocycles. The number of amides is 1. The Labute approximate surface area is 194 Å². The fraction of sp³-hybridized carbons (Fsp3) is 0.0952. The van der Waals surface area contributed by atoms with Gasteiger partial charge in [0, 0.05) is 5.69 Å². The van der Waals surface area contributed by atoms with Gasteiger partial charge in [0.05, 0.1) is 20.3 Å². The van der Waals surface area contributed by atoms with Crippen molar-refractivity contribution >= 4 is 61.8 Å². The predicted octanol–water partition coefficient (Wildman–Crippen LogP) is 5.91. The molecule has 0 atom stereocenters. The van der Waals surface area contributed by atoms with E-state index in [1.165, 1.54) is 24.3 Å². The number of carbonyl (C=O) groups excluding carboxylic acids is 1. The molecule has 164 valence electrons. The van der Waals surface area contributed by atoms with Crippen LogP contribution < -0.4 is 10.1 Å². The first-order chi connectivity index (χ1) is 15.2. The van der Waals surface area contributed by atoms with Crippen molar-refractivity contribution in [3.05, 3.63) is 74.8 Å². The molecule has 0 radical (unpaired) electrons. The Kier molecular flexibility index (Phi) is 6.05. The Bertz CT molecular complexity index is 1370. The van der Waals surface area contributed by atoms with Crippen molar-refractivity contribution in [2.45, 2.75) is 13.5 Å². The van der Waals surface area contributed by atoms with E-state index < -0.39 is 17.7 Å². The van der Waals surface area contributed by atoms with E-state index in [1.807, 2.05) is 0 Å². The van der Waals surface area contributed by atoms with E-state index in [1.54, 1.807) is 19.1 Å². The van der Waals surface area contributed by atoms with Gasteiger partial charge in [0.25, 0.3) is 5.91 Å². The fourth-order valence-electron chi connectivity index (χ4n) is 2.96. The number of thiazole rings is 1. The summed E-state index contributed by atoms with van der Waals surface area (Å²) < 4.78 is 19.7. The van der Waals surface area contributed by atoms with Crippen molar-refractivity contribution in [3.63, 3.8) is 0 Å². The summed E-state index contributed by atoms with van der Waals surface area (Å²) in [5, 5.41) is 12.6. The average molecular weight is 494 g/mol. The van der Waals surface area contributed by atoms with Crippen LogP contribution in [0.4, 0.5) is 9.52 Å². The maximum absolute atomic E-state index is 13.4.